The zero-order valence-corrected chi connectivity index (χ0v) is 11.4. The van der Waals surface area contributed by atoms with Crippen LogP contribution in [0, 0.1) is 19.8 Å². The van der Waals surface area contributed by atoms with Gasteiger partial charge in [-0.05, 0) is 43.0 Å². The fourth-order valence-electron chi connectivity index (χ4n) is 2.19. The molecule has 2 atom stereocenters. The van der Waals surface area contributed by atoms with Crippen LogP contribution in [0.15, 0.2) is 12.1 Å². The number of aryl methyl sites for hydroxylation is 2. The topological polar surface area (TPSA) is 72.5 Å². The second-order valence-corrected chi connectivity index (χ2v) is 4.56. The van der Waals surface area contributed by atoms with Gasteiger partial charge in [0.25, 0.3) is 0 Å². The Hall–Kier alpha value is -1.55. The van der Waals surface area contributed by atoms with Crippen molar-refractivity contribution in [1.82, 2.24) is 0 Å². The van der Waals surface area contributed by atoms with Crippen LogP contribution in [0.2, 0.25) is 0 Å². The average molecular weight is 251 g/mol. The molecule has 4 nitrogen and oxygen atoms in total. The highest BCUT2D eigenvalue weighted by atomic mass is 16.5. The predicted octanol–water partition coefficient (Wildman–Crippen LogP) is 2.42. The number of carbonyl (C=O) groups is 1. The molecule has 0 fully saturated rings. The van der Waals surface area contributed by atoms with Gasteiger partial charge in [-0.25, -0.2) is 0 Å². The molecule has 18 heavy (non-hydrogen) atoms. The van der Waals surface area contributed by atoms with Crippen LogP contribution in [0.5, 0.6) is 5.75 Å². The summed E-state index contributed by atoms with van der Waals surface area (Å²) in [6.45, 7) is 5.69. The van der Waals surface area contributed by atoms with Crippen molar-refractivity contribution in [3.8, 4) is 5.75 Å². The summed E-state index contributed by atoms with van der Waals surface area (Å²) in [4.78, 5) is 11.2. The second-order valence-electron chi connectivity index (χ2n) is 4.56. The Balaban J connectivity index is 3.16. The number of hydrogen-bond donors (Lipinski definition) is 2. The van der Waals surface area contributed by atoms with Crippen LogP contribution in [0.25, 0.3) is 0 Å². The molecule has 1 rings (SSSR count). The Labute approximate surface area is 108 Å². The van der Waals surface area contributed by atoms with Crippen LogP contribution < -0.4 is 10.5 Å². The first kappa shape index (κ1) is 14.5. The highest BCUT2D eigenvalue weighted by molar-refractivity contribution is 5.71. The van der Waals surface area contributed by atoms with Gasteiger partial charge in [0.05, 0.1) is 13.0 Å². The lowest BCUT2D eigenvalue weighted by atomic mass is 9.88. The number of aliphatic carboxylic acids is 1. The van der Waals surface area contributed by atoms with Crippen LogP contribution in [0.4, 0.5) is 0 Å². The molecule has 2 unspecified atom stereocenters. The Morgan fingerprint density at radius 1 is 1.39 bits per heavy atom. The van der Waals surface area contributed by atoms with Crippen molar-refractivity contribution in [2.45, 2.75) is 33.2 Å². The van der Waals surface area contributed by atoms with E-state index < -0.39 is 17.9 Å². The number of methoxy groups -OCH3 is 1. The molecule has 0 radical (unpaired) electrons. The van der Waals surface area contributed by atoms with Crippen molar-refractivity contribution in [3.63, 3.8) is 0 Å². The van der Waals surface area contributed by atoms with E-state index in [0.29, 0.717) is 6.42 Å². The molecular formula is C14H21NO3. The molecule has 0 amide bonds. The second kappa shape index (κ2) is 5.87. The van der Waals surface area contributed by atoms with E-state index in [2.05, 4.69) is 0 Å². The molecule has 0 heterocycles. The van der Waals surface area contributed by atoms with E-state index in [0.717, 1.165) is 22.4 Å². The minimum atomic E-state index is -0.849. The summed E-state index contributed by atoms with van der Waals surface area (Å²) in [6, 6.07) is 3.33. The minimum Gasteiger partial charge on any atom is -0.496 e. The maximum atomic E-state index is 11.2. The monoisotopic (exact) mass is 251 g/mol. The summed E-state index contributed by atoms with van der Waals surface area (Å²) in [5, 5.41) is 9.16. The summed E-state index contributed by atoms with van der Waals surface area (Å²) in [5.74, 6) is -0.610. The number of rotatable bonds is 5. The van der Waals surface area contributed by atoms with Gasteiger partial charge in [-0.15, -0.1) is 0 Å². The molecule has 100 valence electrons. The minimum absolute atomic E-state index is 0.489. The van der Waals surface area contributed by atoms with Crippen LogP contribution in [-0.4, -0.2) is 18.2 Å². The molecule has 3 N–H and O–H groups in total. The number of hydrogen-bond acceptors (Lipinski definition) is 3. The van der Waals surface area contributed by atoms with Crippen LogP contribution >= 0.6 is 0 Å². The zero-order chi connectivity index (χ0) is 13.9. The van der Waals surface area contributed by atoms with Gasteiger partial charge in [0, 0.05) is 6.04 Å². The van der Waals surface area contributed by atoms with E-state index in [4.69, 9.17) is 15.6 Å². The number of ether oxygens (including phenoxy) is 1. The molecule has 0 aliphatic carbocycles. The van der Waals surface area contributed by atoms with Crippen LogP contribution in [-0.2, 0) is 4.79 Å². The molecule has 0 saturated heterocycles. The third-order valence-electron chi connectivity index (χ3n) is 3.33. The predicted molar refractivity (Wildman–Crippen MR) is 70.8 cm³/mol. The molecule has 1 aromatic rings. The Kier molecular flexibility index (Phi) is 4.73. The first-order valence-corrected chi connectivity index (χ1v) is 6.05. The molecule has 0 aliphatic heterocycles. The average Bonchev–Trinajstić information content (AvgIpc) is 2.31. The highest BCUT2D eigenvalue weighted by Gasteiger charge is 2.26. The van der Waals surface area contributed by atoms with Crippen molar-refractivity contribution < 1.29 is 14.6 Å². The fraction of sp³-hybridized carbons (Fsp3) is 0.500. The third-order valence-corrected chi connectivity index (χ3v) is 3.33. The number of carboxylic acid groups (broad SMARTS) is 1. The SMILES string of the molecule is CCC(C(=O)O)C(N)c1cc(C)c(OC)cc1C. The van der Waals surface area contributed by atoms with E-state index in [1.165, 1.54) is 0 Å². The van der Waals surface area contributed by atoms with E-state index >= 15 is 0 Å². The molecule has 0 aliphatic rings. The van der Waals surface area contributed by atoms with Crippen molar-refractivity contribution in [1.29, 1.82) is 0 Å². The van der Waals surface area contributed by atoms with Gasteiger partial charge in [-0.2, -0.15) is 0 Å². The number of carboxylic acids is 1. The molecule has 0 aromatic heterocycles. The summed E-state index contributed by atoms with van der Waals surface area (Å²) < 4.78 is 5.24. The Bertz CT molecular complexity index is 443. The van der Waals surface area contributed by atoms with Crippen LogP contribution in [0.1, 0.15) is 36.1 Å². The van der Waals surface area contributed by atoms with Gasteiger partial charge in [-0.3, -0.25) is 4.79 Å². The van der Waals surface area contributed by atoms with Gasteiger partial charge < -0.3 is 15.6 Å². The molecule has 1 aromatic carbocycles. The highest BCUT2D eigenvalue weighted by Crippen LogP contribution is 2.30. The van der Waals surface area contributed by atoms with Gasteiger partial charge >= 0.3 is 5.97 Å². The van der Waals surface area contributed by atoms with Gasteiger partial charge in [0.15, 0.2) is 0 Å². The van der Waals surface area contributed by atoms with E-state index in [9.17, 15) is 4.79 Å². The fourth-order valence-corrected chi connectivity index (χ4v) is 2.19. The molecule has 0 saturated carbocycles. The quantitative estimate of drug-likeness (QED) is 0.843. The Morgan fingerprint density at radius 2 is 2.00 bits per heavy atom. The lowest BCUT2D eigenvalue weighted by Gasteiger charge is -2.22. The third kappa shape index (κ3) is 2.82. The normalized spacial score (nSPS) is 14.1. The van der Waals surface area contributed by atoms with E-state index in [1.54, 1.807) is 7.11 Å². The lowest BCUT2D eigenvalue weighted by Crippen LogP contribution is -2.28. The smallest absolute Gasteiger partial charge is 0.308 e. The maximum absolute atomic E-state index is 11.2. The van der Waals surface area contributed by atoms with Gasteiger partial charge in [-0.1, -0.05) is 13.0 Å². The lowest BCUT2D eigenvalue weighted by molar-refractivity contribution is -0.142. The summed E-state index contributed by atoms with van der Waals surface area (Å²) in [7, 11) is 1.62. The van der Waals surface area contributed by atoms with Gasteiger partial charge in [0.2, 0.25) is 0 Å². The van der Waals surface area contributed by atoms with Gasteiger partial charge in [0.1, 0.15) is 5.75 Å². The summed E-state index contributed by atoms with van der Waals surface area (Å²) in [5.41, 5.74) is 8.90. The molecule has 4 heteroatoms. The van der Waals surface area contributed by atoms with Crippen molar-refractivity contribution in [2.75, 3.05) is 7.11 Å². The first-order valence-electron chi connectivity index (χ1n) is 6.05. The Morgan fingerprint density at radius 3 is 2.44 bits per heavy atom. The molecular weight excluding hydrogens is 230 g/mol. The van der Waals surface area contributed by atoms with E-state index in [-0.39, 0.29) is 0 Å². The zero-order valence-electron chi connectivity index (χ0n) is 11.4. The van der Waals surface area contributed by atoms with E-state index in [1.807, 2.05) is 32.9 Å². The van der Waals surface area contributed by atoms with Crippen molar-refractivity contribution >= 4 is 5.97 Å². The summed E-state index contributed by atoms with van der Waals surface area (Å²) in [6.07, 6.45) is 0.515. The largest absolute Gasteiger partial charge is 0.496 e. The standard InChI is InChI=1S/C14H21NO3/c1-5-10(14(16)17)13(15)11-6-9(3)12(18-4)7-8(11)2/h6-7,10,13H,5,15H2,1-4H3,(H,16,17). The maximum Gasteiger partial charge on any atom is 0.308 e. The number of benzene rings is 1. The molecule has 0 spiro atoms. The van der Waals surface area contributed by atoms with Crippen molar-refractivity contribution in [3.05, 3.63) is 28.8 Å². The number of nitrogens with two attached hydrogens (primary N) is 1. The summed E-state index contributed by atoms with van der Waals surface area (Å²) >= 11 is 0. The van der Waals surface area contributed by atoms with Crippen LogP contribution in [0.3, 0.4) is 0 Å². The first-order chi connectivity index (χ1) is 8.42. The van der Waals surface area contributed by atoms with Crippen molar-refractivity contribution in [2.24, 2.45) is 11.7 Å². The molecule has 0 bridgehead atoms.